The third-order valence-corrected chi connectivity index (χ3v) is 6.58. The number of urea groups is 1. The maximum absolute atomic E-state index is 12.9. The van der Waals surface area contributed by atoms with E-state index in [4.69, 9.17) is 23.2 Å². The van der Waals surface area contributed by atoms with Crippen LogP contribution in [0.5, 0.6) is 0 Å². The maximum atomic E-state index is 12.9. The lowest BCUT2D eigenvalue weighted by Gasteiger charge is -2.40. The molecule has 2 aliphatic heterocycles. The number of carbonyl (C=O) groups is 2. The summed E-state index contributed by atoms with van der Waals surface area (Å²) < 4.78 is 0. The number of rotatable bonds is 3. The fourth-order valence-corrected chi connectivity index (χ4v) is 4.29. The van der Waals surface area contributed by atoms with Crippen molar-refractivity contribution >= 4 is 52.5 Å². The fraction of sp³-hybridized carbons (Fsp3) is 0.250. The largest absolute Gasteiger partial charge is 0.366 e. The van der Waals surface area contributed by atoms with Gasteiger partial charge in [0.25, 0.3) is 5.91 Å². The standard InChI is InChI=1S/C24H23Cl2N3O2/c1-14-12-24(2,3)28(4)21-8-6-15(9-17(14)21)11-20-22(30)29(23(31)27-20)13-16-5-7-18(25)19(26)10-16/h5-12H,13H2,1-4H3,(H,27,31)/b20-11+. The SMILES string of the molecule is CC1=CC(C)(C)N(C)c2ccc(/C=C3/NC(=O)N(Cc4ccc(Cl)c(Cl)c4)C3=O)cc21. The van der Waals surface area contributed by atoms with Gasteiger partial charge in [0.15, 0.2) is 0 Å². The molecule has 2 heterocycles. The first-order chi connectivity index (χ1) is 14.6. The minimum atomic E-state index is -0.460. The number of carbonyl (C=O) groups excluding carboxylic acids is 2. The number of likely N-dealkylation sites (N-methyl/N-ethyl adjacent to an activating group) is 1. The zero-order valence-electron chi connectivity index (χ0n) is 17.8. The van der Waals surface area contributed by atoms with E-state index in [0.717, 1.165) is 27.3 Å². The van der Waals surface area contributed by atoms with Crippen LogP contribution in [0, 0.1) is 0 Å². The van der Waals surface area contributed by atoms with Crippen LogP contribution in [0.3, 0.4) is 0 Å². The van der Waals surface area contributed by atoms with Crippen molar-refractivity contribution in [3.8, 4) is 0 Å². The summed E-state index contributed by atoms with van der Waals surface area (Å²) in [5.41, 5.74) is 5.17. The van der Waals surface area contributed by atoms with Crippen LogP contribution in [0.4, 0.5) is 10.5 Å². The van der Waals surface area contributed by atoms with Crippen LogP contribution in [-0.4, -0.2) is 29.4 Å². The van der Waals surface area contributed by atoms with Crippen molar-refractivity contribution in [2.24, 2.45) is 0 Å². The number of anilines is 1. The lowest BCUT2D eigenvalue weighted by molar-refractivity contribution is -0.123. The molecule has 0 aromatic heterocycles. The normalized spacial score (nSPS) is 18.9. The van der Waals surface area contributed by atoms with Crippen LogP contribution in [0.1, 0.15) is 37.5 Å². The molecule has 2 aromatic carbocycles. The molecular formula is C24H23Cl2N3O2. The lowest BCUT2D eigenvalue weighted by atomic mass is 9.88. The summed E-state index contributed by atoms with van der Waals surface area (Å²) in [6.45, 7) is 6.55. The van der Waals surface area contributed by atoms with Crippen molar-refractivity contribution in [3.63, 3.8) is 0 Å². The molecule has 4 rings (SSSR count). The Morgan fingerprint density at radius 3 is 2.52 bits per heavy atom. The van der Waals surface area contributed by atoms with Crippen molar-refractivity contribution in [1.82, 2.24) is 10.2 Å². The van der Waals surface area contributed by atoms with Gasteiger partial charge in [0, 0.05) is 18.3 Å². The first-order valence-corrected chi connectivity index (χ1v) is 10.7. The highest BCUT2D eigenvalue weighted by molar-refractivity contribution is 6.42. The number of nitrogens with one attached hydrogen (secondary N) is 1. The van der Waals surface area contributed by atoms with Gasteiger partial charge in [-0.05, 0) is 67.8 Å². The van der Waals surface area contributed by atoms with E-state index < -0.39 is 6.03 Å². The van der Waals surface area contributed by atoms with E-state index in [1.165, 1.54) is 5.57 Å². The quantitative estimate of drug-likeness (QED) is 0.475. The molecule has 1 N–H and O–H groups in total. The Kier molecular flexibility index (Phi) is 5.36. The van der Waals surface area contributed by atoms with Gasteiger partial charge < -0.3 is 10.2 Å². The third-order valence-electron chi connectivity index (χ3n) is 5.84. The Bertz CT molecular complexity index is 1170. The maximum Gasteiger partial charge on any atom is 0.329 e. The van der Waals surface area contributed by atoms with E-state index in [-0.39, 0.29) is 23.7 Å². The molecule has 0 saturated carbocycles. The number of allylic oxidation sites excluding steroid dienone is 1. The molecule has 31 heavy (non-hydrogen) atoms. The number of amides is 3. The Morgan fingerprint density at radius 2 is 1.81 bits per heavy atom. The van der Waals surface area contributed by atoms with Gasteiger partial charge in [-0.3, -0.25) is 9.69 Å². The van der Waals surface area contributed by atoms with Crippen LogP contribution in [0.15, 0.2) is 48.2 Å². The van der Waals surface area contributed by atoms with Crippen molar-refractivity contribution < 1.29 is 9.59 Å². The number of nitrogens with zero attached hydrogens (tertiary/aromatic N) is 2. The monoisotopic (exact) mass is 455 g/mol. The van der Waals surface area contributed by atoms with E-state index in [0.29, 0.717) is 10.0 Å². The first kappa shape index (κ1) is 21.5. The third kappa shape index (κ3) is 3.95. The molecule has 0 aliphatic carbocycles. The van der Waals surface area contributed by atoms with Crippen LogP contribution in [-0.2, 0) is 11.3 Å². The Labute approximate surface area is 191 Å². The Hall–Kier alpha value is -2.76. The lowest BCUT2D eigenvalue weighted by Crippen LogP contribution is -2.42. The molecule has 7 heteroatoms. The summed E-state index contributed by atoms with van der Waals surface area (Å²) in [5.74, 6) is -0.376. The van der Waals surface area contributed by atoms with Crippen LogP contribution < -0.4 is 10.2 Å². The molecule has 2 aliphatic rings. The van der Waals surface area contributed by atoms with Crippen molar-refractivity contribution in [2.75, 3.05) is 11.9 Å². The van der Waals surface area contributed by atoms with Gasteiger partial charge in [0.1, 0.15) is 5.70 Å². The molecule has 0 spiro atoms. The van der Waals surface area contributed by atoms with E-state index >= 15 is 0 Å². The molecule has 0 radical (unpaired) electrons. The second kappa shape index (κ2) is 7.74. The molecule has 1 fully saturated rings. The summed E-state index contributed by atoms with van der Waals surface area (Å²) in [6, 6.07) is 10.6. The molecule has 0 bridgehead atoms. The number of imide groups is 1. The van der Waals surface area contributed by atoms with Gasteiger partial charge in [0.2, 0.25) is 0 Å². The van der Waals surface area contributed by atoms with Gasteiger partial charge >= 0.3 is 6.03 Å². The van der Waals surface area contributed by atoms with Gasteiger partial charge in [-0.25, -0.2) is 4.79 Å². The van der Waals surface area contributed by atoms with Crippen molar-refractivity contribution in [1.29, 1.82) is 0 Å². The van der Waals surface area contributed by atoms with E-state index in [9.17, 15) is 9.59 Å². The number of fused-ring (bicyclic) bond motifs is 1. The van der Waals surface area contributed by atoms with E-state index in [1.807, 2.05) is 12.1 Å². The van der Waals surface area contributed by atoms with Crippen LogP contribution >= 0.6 is 23.2 Å². The second-order valence-corrected chi connectivity index (χ2v) is 9.26. The number of hydrogen-bond donors (Lipinski definition) is 1. The summed E-state index contributed by atoms with van der Waals surface area (Å²) in [7, 11) is 2.07. The van der Waals surface area contributed by atoms with Crippen molar-refractivity contribution in [2.45, 2.75) is 32.9 Å². The summed E-state index contributed by atoms with van der Waals surface area (Å²) in [5, 5.41) is 3.48. The predicted octanol–water partition coefficient (Wildman–Crippen LogP) is 5.72. The van der Waals surface area contributed by atoms with Crippen LogP contribution in [0.2, 0.25) is 10.0 Å². The number of halogens is 2. The molecule has 5 nitrogen and oxygen atoms in total. The summed E-state index contributed by atoms with van der Waals surface area (Å²) in [4.78, 5) is 28.7. The number of hydrogen-bond acceptors (Lipinski definition) is 3. The molecule has 0 unspecified atom stereocenters. The van der Waals surface area contributed by atoms with Crippen LogP contribution in [0.25, 0.3) is 11.6 Å². The second-order valence-electron chi connectivity index (χ2n) is 8.44. The summed E-state index contributed by atoms with van der Waals surface area (Å²) in [6.07, 6.45) is 3.94. The van der Waals surface area contributed by atoms with Gasteiger partial charge in [0.05, 0.1) is 22.1 Å². The highest BCUT2D eigenvalue weighted by Crippen LogP contribution is 2.38. The average Bonchev–Trinajstić information content (AvgIpc) is 2.96. The minimum absolute atomic E-state index is 0.0719. The average molecular weight is 456 g/mol. The highest BCUT2D eigenvalue weighted by atomic mass is 35.5. The Balaban J connectivity index is 1.60. The van der Waals surface area contributed by atoms with Gasteiger partial charge in [-0.15, -0.1) is 0 Å². The molecule has 1 saturated heterocycles. The first-order valence-electron chi connectivity index (χ1n) is 9.93. The van der Waals surface area contributed by atoms with E-state index in [2.05, 4.69) is 50.2 Å². The zero-order chi connectivity index (χ0) is 22.5. The fourth-order valence-electron chi connectivity index (χ4n) is 3.97. The molecule has 160 valence electrons. The Morgan fingerprint density at radius 1 is 1.06 bits per heavy atom. The smallest absolute Gasteiger partial charge is 0.329 e. The van der Waals surface area contributed by atoms with Crippen molar-refractivity contribution in [3.05, 3.63) is 74.9 Å². The van der Waals surface area contributed by atoms with E-state index in [1.54, 1.807) is 24.3 Å². The predicted molar refractivity (Wildman–Crippen MR) is 126 cm³/mol. The summed E-state index contributed by atoms with van der Waals surface area (Å²) >= 11 is 12.0. The molecule has 2 aromatic rings. The molecule has 0 atom stereocenters. The van der Waals surface area contributed by atoms with Gasteiger partial charge in [-0.1, -0.05) is 41.4 Å². The van der Waals surface area contributed by atoms with Gasteiger partial charge in [-0.2, -0.15) is 0 Å². The minimum Gasteiger partial charge on any atom is -0.366 e. The molecular weight excluding hydrogens is 433 g/mol. The molecule has 3 amide bonds. The highest BCUT2D eigenvalue weighted by Gasteiger charge is 2.34. The topological polar surface area (TPSA) is 52.7 Å². The number of benzene rings is 2. The zero-order valence-corrected chi connectivity index (χ0v) is 19.3.